The molecule has 3 rings (SSSR count). The zero-order valence-corrected chi connectivity index (χ0v) is 23.9. The highest BCUT2D eigenvalue weighted by Crippen LogP contribution is 2.53. The van der Waals surface area contributed by atoms with E-state index in [1.165, 1.54) is 5.56 Å². The Hall–Kier alpha value is -1.97. The molecule has 2 nitrogen and oxygen atoms in total. The summed E-state index contributed by atoms with van der Waals surface area (Å²) < 4.78 is 34.7. The smallest absolute Gasteiger partial charge is 0.308 e. The molecule has 0 N–H and O–H groups in total. The number of ether oxygens (including phenoxy) is 1. The van der Waals surface area contributed by atoms with Crippen LogP contribution in [0.4, 0.5) is 8.78 Å². The predicted molar refractivity (Wildman–Crippen MR) is 148 cm³/mol. The van der Waals surface area contributed by atoms with Gasteiger partial charge in [-0.15, -0.1) is 0 Å². The molecule has 0 unspecified atom stereocenters. The number of hydrogen-bond acceptors (Lipinski definition) is 2. The Balaban J connectivity index is 0.000000356. The summed E-state index contributed by atoms with van der Waals surface area (Å²) in [5, 5.41) is 0. The van der Waals surface area contributed by atoms with E-state index in [9.17, 15) is 13.6 Å². The van der Waals surface area contributed by atoms with Gasteiger partial charge in [-0.1, -0.05) is 97.9 Å². The second kappa shape index (κ2) is 14.1. The minimum Gasteiger partial charge on any atom is -0.468 e. The van der Waals surface area contributed by atoms with Crippen molar-refractivity contribution in [3.8, 4) is 0 Å². The molecule has 2 fully saturated rings. The second-order valence-electron chi connectivity index (χ2n) is 11.9. The molecule has 0 radical (unpaired) electrons. The fourth-order valence-corrected chi connectivity index (χ4v) is 5.99. The van der Waals surface area contributed by atoms with E-state index in [1.54, 1.807) is 0 Å². The van der Waals surface area contributed by atoms with Gasteiger partial charge < -0.3 is 4.74 Å². The van der Waals surface area contributed by atoms with Crippen LogP contribution in [-0.2, 0) is 16.0 Å². The molecule has 0 amide bonds. The predicted octanol–water partition coefficient (Wildman–Crippen LogP) is 9.94. The molecular formula is C32H50F2O2. The number of rotatable bonds is 8. The van der Waals surface area contributed by atoms with E-state index in [0.29, 0.717) is 31.4 Å². The van der Waals surface area contributed by atoms with E-state index in [4.69, 9.17) is 4.74 Å². The fourth-order valence-electron chi connectivity index (χ4n) is 5.99. The van der Waals surface area contributed by atoms with Crippen LogP contribution in [-0.4, -0.2) is 11.7 Å². The first-order chi connectivity index (χ1) is 16.7. The van der Waals surface area contributed by atoms with Crippen molar-refractivity contribution in [1.82, 2.24) is 0 Å². The summed E-state index contributed by atoms with van der Waals surface area (Å²) in [7, 11) is 0. The topological polar surface area (TPSA) is 26.3 Å². The van der Waals surface area contributed by atoms with Gasteiger partial charge in [0.1, 0.15) is 0 Å². The van der Waals surface area contributed by atoms with Crippen LogP contribution in [0.1, 0.15) is 105 Å². The molecule has 204 valence electrons. The molecule has 0 spiro atoms. The molecule has 0 bridgehead atoms. The zero-order valence-electron chi connectivity index (χ0n) is 23.9. The maximum atomic E-state index is 14.7. The van der Waals surface area contributed by atoms with Crippen molar-refractivity contribution in [2.45, 2.75) is 112 Å². The third-order valence-corrected chi connectivity index (χ3v) is 6.98. The Labute approximate surface area is 219 Å². The lowest BCUT2D eigenvalue weighted by Crippen LogP contribution is -2.47. The van der Waals surface area contributed by atoms with Crippen molar-refractivity contribution in [2.24, 2.45) is 22.7 Å². The van der Waals surface area contributed by atoms with E-state index in [0.717, 1.165) is 37.9 Å². The normalized spacial score (nSPS) is 19.2. The van der Waals surface area contributed by atoms with Crippen LogP contribution in [0.2, 0.25) is 0 Å². The lowest BCUT2D eigenvalue weighted by atomic mass is 9.59. The molecule has 1 aromatic rings. The first-order valence-electron chi connectivity index (χ1n) is 13.7. The maximum Gasteiger partial charge on any atom is 0.308 e. The van der Waals surface area contributed by atoms with Gasteiger partial charge in [0.2, 0.25) is 5.78 Å². The van der Waals surface area contributed by atoms with Crippen LogP contribution < -0.4 is 0 Å². The lowest BCUT2D eigenvalue weighted by molar-refractivity contribution is -0.164. The first kappa shape index (κ1) is 32.1. The van der Waals surface area contributed by atoms with E-state index in [-0.39, 0.29) is 10.8 Å². The summed E-state index contributed by atoms with van der Waals surface area (Å²) in [6.07, 6.45) is 6.85. The summed E-state index contributed by atoms with van der Waals surface area (Å²) in [6.45, 7) is 21.5. The zero-order chi connectivity index (χ0) is 27.6. The number of benzene rings is 1. The number of carbonyl (C=O) groups is 1. The van der Waals surface area contributed by atoms with Gasteiger partial charge in [0.15, 0.2) is 0 Å². The van der Waals surface area contributed by atoms with Crippen molar-refractivity contribution < 1.29 is 18.3 Å². The number of aryl methyl sites for hydroxylation is 1. The molecule has 1 aromatic carbocycles. The van der Waals surface area contributed by atoms with Gasteiger partial charge >= 0.3 is 5.92 Å². The highest BCUT2D eigenvalue weighted by Gasteiger charge is 2.54. The van der Waals surface area contributed by atoms with Crippen molar-refractivity contribution in [2.75, 3.05) is 0 Å². The number of hydrogen-bond donors (Lipinski definition) is 0. The molecule has 0 aromatic heterocycles. The van der Waals surface area contributed by atoms with Crippen LogP contribution in [0.3, 0.4) is 0 Å². The van der Waals surface area contributed by atoms with Crippen LogP contribution in [0.5, 0.6) is 0 Å². The molecule has 2 aliphatic carbocycles. The average Bonchev–Trinajstić information content (AvgIpc) is 3.32. The van der Waals surface area contributed by atoms with Gasteiger partial charge in [0, 0.05) is 18.3 Å². The van der Waals surface area contributed by atoms with Crippen LogP contribution in [0, 0.1) is 22.7 Å². The Morgan fingerprint density at radius 3 is 1.97 bits per heavy atom. The van der Waals surface area contributed by atoms with Crippen LogP contribution >= 0.6 is 0 Å². The molecule has 4 heteroatoms. The highest BCUT2D eigenvalue weighted by atomic mass is 19.3. The minimum atomic E-state index is -3.13. The highest BCUT2D eigenvalue weighted by molar-refractivity contribution is 5.88. The van der Waals surface area contributed by atoms with E-state index in [2.05, 4.69) is 53.0 Å². The molecule has 36 heavy (non-hydrogen) atoms. The standard InChI is InChI=1S/C17H28F2O.C13H16O.C2H6/c1-15(2)9-13(10-16(3,4)11-15)17(18,19)14(20)12-7-5-6-8-12;1-11(2)14-12(3)9-10-13-7-5-4-6-8-13;1-2/h12-13H,5-11H2,1-4H3;4-8H,1,3,9-10H2,2H3;1-2H3. The summed E-state index contributed by atoms with van der Waals surface area (Å²) in [4.78, 5) is 12.2. The number of halogens is 2. The third kappa shape index (κ3) is 10.6. The van der Waals surface area contributed by atoms with Gasteiger partial charge in [-0.05, 0) is 61.8 Å². The lowest BCUT2D eigenvalue weighted by Gasteiger charge is -2.47. The summed E-state index contributed by atoms with van der Waals surface area (Å²) in [5.74, 6) is -3.60. The van der Waals surface area contributed by atoms with Crippen LogP contribution in [0.25, 0.3) is 0 Å². The second-order valence-corrected chi connectivity index (χ2v) is 11.9. The van der Waals surface area contributed by atoms with E-state index in [1.807, 2.05) is 39.0 Å². The summed E-state index contributed by atoms with van der Waals surface area (Å²) in [6, 6.07) is 10.3. The molecule has 0 atom stereocenters. The number of Topliss-reactive ketones (excluding diaryl/α,β-unsaturated/α-hetero) is 1. The Morgan fingerprint density at radius 2 is 1.50 bits per heavy atom. The Kier molecular flexibility index (Phi) is 12.6. The average molecular weight is 505 g/mol. The number of allylic oxidation sites excluding steroid dienone is 2. The minimum absolute atomic E-state index is 0.105. The number of ketones is 1. The van der Waals surface area contributed by atoms with Crippen molar-refractivity contribution in [3.63, 3.8) is 0 Å². The molecular weight excluding hydrogens is 454 g/mol. The number of carbonyl (C=O) groups excluding carboxylic acids is 1. The molecule has 0 aliphatic heterocycles. The first-order valence-corrected chi connectivity index (χ1v) is 13.7. The Morgan fingerprint density at radius 1 is 1.00 bits per heavy atom. The quantitative estimate of drug-likeness (QED) is 0.329. The SMILES string of the molecule is C=C(C)OC(=C)CCc1ccccc1.CC.CC1(C)CC(C(F)(F)C(=O)C2CCCC2)CC(C)(C)C1. The van der Waals surface area contributed by atoms with Gasteiger partial charge in [-0.2, -0.15) is 8.78 Å². The summed E-state index contributed by atoms with van der Waals surface area (Å²) in [5.41, 5.74) is 1.09. The maximum absolute atomic E-state index is 14.7. The fraction of sp³-hybridized carbons (Fsp3) is 0.656. The van der Waals surface area contributed by atoms with Crippen molar-refractivity contribution >= 4 is 5.78 Å². The number of alkyl halides is 2. The van der Waals surface area contributed by atoms with Gasteiger partial charge in [-0.25, -0.2) is 0 Å². The molecule has 0 heterocycles. The van der Waals surface area contributed by atoms with Crippen molar-refractivity contribution in [3.05, 3.63) is 60.6 Å². The summed E-state index contributed by atoms with van der Waals surface area (Å²) >= 11 is 0. The Bertz CT molecular complexity index is 817. The molecule has 2 aliphatic rings. The van der Waals surface area contributed by atoms with E-state index < -0.39 is 23.5 Å². The largest absolute Gasteiger partial charge is 0.468 e. The monoisotopic (exact) mass is 504 g/mol. The molecule has 2 saturated carbocycles. The van der Waals surface area contributed by atoms with E-state index >= 15 is 0 Å². The molecule has 0 saturated heterocycles. The van der Waals surface area contributed by atoms with Crippen LogP contribution in [0.15, 0.2) is 55.0 Å². The van der Waals surface area contributed by atoms with Gasteiger partial charge in [0.05, 0.1) is 11.5 Å². The van der Waals surface area contributed by atoms with Gasteiger partial charge in [0.25, 0.3) is 0 Å². The van der Waals surface area contributed by atoms with Gasteiger partial charge in [-0.3, -0.25) is 4.79 Å². The third-order valence-electron chi connectivity index (χ3n) is 6.98. The van der Waals surface area contributed by atoms with Crippen molar-refractivity contribution in [1.29, 1.82) is 0 Å².